The van der Waals surface area contributed by atoms with Crippen LogP contribution in [0.3, 0.4) is 0 Å². The monoisotopic (exact) mass is 310 g/mol. The zero-order valence-electron chi connectivity index (χ0n) is 12.4. The number of carboxylic acid groups (broad SMARTS) is 1. The summed E-state index contributed by atoms with van der Waals surface area (Å²) in [4.78, 5) is 25.8. The minimum atomic E-state index is -1.36. The van der Waals surface area contributed by atoms with E-state index in [9.17, 15) is 19.1 Å². The Morgan fingerprint density at radius 3 is 2.78 bits per heavy atom. The zero-order chi connectivity index (χ0) is 16.3. The largest absolute Gasteiger partial charge is 0.545 e. The van der Waals surface area contributed by atoms with Gasteiger partial charge in [0.05, 0.1) is 17.6 Å². The average molecular weight is 310 g/mol. The van der Waals surface area contributed by atoms with E-state index in [1.807, 2.05) is 6.92 Å². The van der Waals surface area contributed by atoms with E-state index in [-0.39, 0.29) is 34.8 Å². The molecule has 1 amide bonds. The molecule has 5 heteroatoms. The molecule has 0 saturated carbocycles. The van der Waals surface area contributed by atoms with Gasteiger partial charge in [-0.25, -0.2) is 4.39 Å². The molecule has 0 fully saturated rings. The van der Waals surface area contributed by atoms with Crippen LogP contribution in [-0.4, -0.2) is 11.9 Å². The fourth-order valence-corrected chi connectivity index (χ4v) is 3.77. The molecule has 0 saturated heterocycles. The SMILES string of the molecule is C[C@@H]1C[C@@H]2c3cccc(C(=O)[O-])c3C(=O)N2c2ccc(F)cc21. The third-order valence-electron chi connectivity index (χ3n) is 4.78. The molecule has 4 rings (SSSR count). The van der Waals surface area contributed by atoms with Crippen LogP contribution in [0.4, 0.5) is 10.1 Å². The lowest BCUT2D eigenvalue weighted by atomic mass is 9.85. The number of rotatable bonds is 1. The van der Waals surface area contributed by atoms with Crippen LogP contribution in [0.1, 0.15) is 57.1 Å². The van der Waals surface area contributed by atoms with Gasteiger partial charge < -0.3 is 14.8 Å². The number of fused-ring (bicyclic) bond motifs is 5. The molecule has 0 bridgehead atoms. The topological polar surface area (TPSA) is 60.4 Å². The molecule has 0 aliphatic carbocycles. The Hall–Kier alpha value is -2.69. The number of hydrogen-bond acceptors (Lipinski definition) is 3. The van der Waals surface area contributed by atoms with Crippen molar-refractivity contribution in [2.45, 2.75) is 25.3 Å². The second-order valence-corrected chi connectivity index (χ2v) is 6.09. The maximum Gasteiger partial charge on any atom is 0.259 e. The summed E-state index contributed by atoms with van der Waals surface area (Å²) in [5.41, 5.74) is 2.25. The summed E-state index contributed by atoms with van der Waals surface area (Å²) < 4.78 is 13.6. The molecule has 23 heavy (non-hydrogen) atoms. The zero-order valence-corrected chi connectivity index (χ0v) is 12.4. The van der Waals surface area contributed by atoms with Gasteiger partial charge in [-0.2, -0.15) is 0 Å². The fraction of sp³-hybridized carbons (Fsp3) is 0.222. The number of halogens is 1. The smallest absolute Gasteiger partial charge is 0.259 e. The fourth-order valence-electron chi connectivity index (χ4n) is 3.77. The number of amides is 1. The van der Waals surface area contributed by atoms with Gasteiger partial charge in [0, 0.05) is 11.3 Å². The number of nitrogens with zero attached hydrogens (tertiary/aromatic N) is 1. The Morgan fingerprint density at radius 1 is 1.26 bits per heavy atom. The number of carboxylic acids is 1. The molecule has 0 N–H and O–H groups in total. The molecule has 0 radical (unpaired) electrons. The van der Waals surface area contributed by atoms with Crippen molar-refractivity contribution in [1.82, 2.24) is 0 Å². The van der Waals surface area contributed by atoms with E-state index >= 15 is 0 Å². The van der Waals surface area contributed by atoms with E-state index in [2.05, 4.69) is 0 Å². The molecule has 116 valence electrons. The number of benzene rings is 2. The van der Waals surface area contributed by atoms with Gasteiger partial charge in [-0.15, -0.1) is 0 Å². The predicted molar refractivity (Wildman–Crippen MR) is 79.8 cm³/mol. The van der Waals surface area contributed by atoms with Gasteiger partial charge in [-0.1, -0.05) is 25.1 Å². The van der Waals surface area contributed by atoms with Gasteiger partial charge in [-0.3, -0.25) is 4.79 Å². The van der Waals surface area contributed by atoms with E-state index in [1.54, 1.807) is 23.1 Å². The van der Waals surface area contributed by atoms with Crippen molar-refractivity contribution >= 4 is 17.6 Å². The number of anilines is 1. The van der Waals surface area contributed by atoms with E-state index in [4.69, 9.17) is 0 Å². The number of aromatic carboxylic acids is 1. The second-order valence-electron chi connectivity index (χ2n) is 6.09. The van der Waals surface area contributed by atoms with Crippen LogP contribution < -0.4 is 10.0 Å². The van der Waals surface area contributed by atoms with Gasteiger partial charge in [0.1, 0.15) is 5.82 Å². The molecule has 0 spiro atoms. The first-order valence-corrected chi connectivity index (χ1v) is 7.46. The first-order chi connectivity index (χ1) is 11.0. The second kappa shape index (κ2) is 4.65. The van der Waals surface area contributed by atoms with Crippen molar-refractivity contribution in [3.8, 4) is 0 Å². The summed E-state index contributed by atoms with van der Waals surface area (Å²) in [5.74, 6) is -1.98. The molecule has 2 aromatic carbocycles. The number of carbonyl (C=O) groups is 2. The Balaban J connectivity index is 1.94. The van der Waals surface area contributed by atoms with Crippen LogP contribution >= 0.6 is 0 Å². The van der Waals surface area contributed by atoms with Gasteiger partial charge >= 0.3 is 0 Å². The van der Waals surface area contributed by atoms with Crippen molar-refractivity contribution in [1.29, 1.82) is 0 Å². The number of hydrogen-bond donors (Lipinski definition) is 0. The van der Waals surface area contributed by atoms with Crippen LogP contribution in [-0.2, 0) is 0 Å². The van der Waals surface area contributed by atoms with E-state index in [1.165, 1.54) is 18.2 Å². The molecule has 0 unspecified atom stereocenters. The third kappa shape index (κ3) is 1.82. The maximum absolute atomic E-state index is 13.6. The first kappa shape index (κ1) is 13.9. The van der Waals surface area contributed by atoms with E-state index in [0.717, 1.165) is 5.56 Å². The van der Waals surface area contributed by atoms with Gasteiger partial charge in [0.25, 0.3) is 5.91 Å². The molecule has 2 atom stereocenters. The lowest BCUT2D eigenvalue weighted by Gasteiger charge is -2.35. The van der Waals surface area contributed by atoms with E-state index in [0.29, 0.717) is 17.7 Å². The summed E-state index contributed by atoms with van der Waals surface area (Å²) >= 11 is 0. The highest BCUT2D eigenvalue weighted by molar-refractivity contribution is 6.16. The predicted octanol–water partition coefficient (Wildman–Crippen LogP) is 2.40. The van der Waals surface area contributed by atoms with Crippen LogP contribution in [0.2, 0.25) is 0 Å². The first-order valence-electron chi connectivity index (χ1n) is 7.46. The average Bonchev–Trinajstić information content (AvgIpc) is 2.81. The van der Waals surface area contributed by atoms with Crippen molar-refractivity contribution in [3.63, 3.8) is 0 Å². The molecular formula is C18H13FNO3-. The van der Waals surface area contributed by atoms with Crippen LogP contribution in [0.25, 0.3) is 0 Å². The maximum atomic E-state index is 13.6. The highest BCUT2D eigenvalue weighted by Crippen LogP contribution is 2.50. The van der Waals surface area contributed by atoms with Crippen molar-refractivity contribution in [2.75, 3.05) is 4.90 Å². The summed E-state index contributed by atoms with van der Waals surface area (Å²) in [6.07, 6.45) is 0.631. The summed E-state index contributed by atoms with van der Waals surface area (Å²) in [5, 5.41) is 11.3. The molecular weight excluding hydrogens is 297 g/mol. The van der Waals surface area contributed by atoms with Gasteiger partial charge in [0.2, 0.25) is 0 Å². The Bertz CT molecular complexity index is 861. The van der Waals surface area contributed by atoms with Crippen LogP contribution in [0, 0.1) is 5.82 Å². The van der Waals surface area contributed by atoms with Gasteiger partial charge in [0.15, 0.2) is 0 Å². The Morgan fingerprint density at radius 2 is 2.04 bits per heavy atom. The Kier molecular flexibility index (Phi) is 2.82. The minimum absolute atomic E-state index is 0.0762. The highest BCUT2D eigenvalue weighted by atomic mass is 19.1. The highest BCUT2D eigenvalue weighted by Gasteiger charge is 2.43. The standard InChI is InChI=1S/C18H14FNO3/c1-9-7-15-11-3-2-4-12(18(22)23)16(11)17(21)20(15)14-6-5-10(19)8-13(9)14/h2-6,8-9,15H,7H2,1H3,(H,22,23)/p-1/t9-,15-/m1/s1. The third-order valence-corrected chi connectivity index (χ3v) is 4.78. The quantitative estimate of drug-likeness (QED) is 0.812. The van der Waals surface area contributed by atoms with Crippen LogP contribution in [0.15, 0.2) is 36.4 Å². The molecule has 2 aliphatic rings. The molecule has 2 aliphatic heterocycles. The van der Waals surface area contributed by atoms with Crippen molar-refractivity contribution < 1.29 is 19.1 Å². The molecule has 2 aromatic rings. The van der Waals surface area contributed by atoms with Crippen molar-refractivity contribution in [2.24, 2.45) is 0 Å². The van der Waals surface area contributed by atoms with Gasteiger partial charge in [-0.05, 0) is 41.7 Å². The molecule has 4 nitrogen and oxygen atoms in total. The summed E-state index contributed by atoms with van der Waals surface area (Å²) in [6, 6.07) is 8.95. The lowest BCUT2D eigenvalue weighted by molar-refractivity contribution is -0.255. The van der Waals surface area contributed by atoms with Crippen LogP contribution in [0.5, 0.6) is 0 Å². The van der Waals surface area contributed by atoms with Crippen molar-refractivity contribution in [3.05, 3.63) is 64.5 Å². The minimum Gasteiger partial charge on any atom is -0.545 e. The normalized spacial score (nSPS) is 21.7. The summed E-state index contributed by atoms with van der Waals surface area (Å²) in [6.45, 7) is 1.99. The summed E-state index contributed by atoms with van der Waals surface area (Å²) in [7, 11) is 0. The van der Waals surface area contributed by atoms with E-state index < -0.39 is 5.97 Å². The Labute approximate surface area is 132 Å². The number of carbonyl (C=O) groups excluding carboxylic acids is 2. The molecule has 2 heterocycles. The molecule has 0 aromatic heterocycles. The lowest BCUT2D eigenvalue weighted by Crippen LogP contribution is -2.33.